The molecule has 8 heteroatoms. The van der Waals surface area contributed by atoms with Gasteiger partial charge in [0.05, 0.1) is 0 Å². The van der Waals surface area contributed by atoms with E-state index in [1.807, 2.05) is 30.3 Å². The van der Waals surface area contributed by atoms with Crippen LogP contribution in [0.4, 0.5) is 13.2 Å². The van der Waals surface area contributed by atoms with Crippen LogP contribution in [0.5, 0.6) is 0 Å². The topological polar surface area (TPSA) is 66.4 Å². The van der Waals surface area contributed by atoms with Gasteiger partial charge in [0, 0.05) is 17.1 Å². The van der Waals surface area contributed by atoms with Crippen LogP contribution >= 0.6 is 11.8 Å². The lowest BCUT2D eigenvalue weighted by atomic mass is 10.1. The first-order chi connectivity index (χ1) is 12.3. The number of aliphatic carboxylic acids is 1. The molecule has 1 atom stereocenters. The summed E-state index contributed by atoms with van der Waals surface area (Å²) in [5.41, 5.74) is 1.67. The lowest BCUT2D eigenvalue weighted by molar-refractivity contribution is -0.175. The Labute approximate surface area is 152 Å². The van der Waals surface area contributed by atoms with Crippen molar-refractivity contribution in [2.45, 2.75) is 29.3 Å². The number of amides is 1. The number of hydrogen-bond acceptors (Lipinski definition) is 3. The van der Waals surface area contributed by atoms with Gasteiger partial charge in [-0.3, -0.25) is 4.79 Å². The fourth-order valence-electron chi connectivity index (χ4n) is 2.14. The van der Waals surface area contributed by atoms with Gasteiger partial charge in [0.2, 0.25) is 0 Å². The van der Waals surface area contributed by atoms with Crippen molar-refractivity contribution in [3.05, 3.63) is 65.7 Å². The van der Waals surface area contributed by atoms with Gasteiger partial charge < -0.3 is 10.4 Å². The Bertz CT molecular complexity index is 749. The highest BCUT2D eigenvalue weighted by Gasteiger charge is 2.40. The van der Waals surface area contributed by atoms with Gasteiger partial charge in [-0.05, 0) is 23.3 Å². The maximum atomic E-state index is 12.3. The largest absolute Gasteiger partial charge is 0.480 e. The van der Waals surface area contributed by atoms with Crippen LogP contribution in [0.25, 0.3) is 0 Å². The first-order valence-electron chi connectivity index (χ1n) is 7.62. The van der Waals surface area contributed by atoms with E-state index in [9.17, 15) is 22.8 Å². The Hall–Kier alpha value is -2.48. The van der Waals surface area contributed by atoms with Crippen LogP contribution in [0.2, 0.25) is 0 Å². The molecule has 0 aliphatic carbocycles. The standard InChI is InChI=1S/C18H16F3NO3S/c19-18(20,21)17(25)22-15(16(23)24)10-12-6-8-14(9-7-12)26-11-13-4-2-1-3-5-13/h1-9,15H,10-11H2,(H,22,25)(H,23,24)/t15-/m0/s1. The van der Waals surface area contributed by atoms with E-state index in [1.165, 1.54) is 5.32 Å². The SMILES string of the molecule is O=C(O)[C@H](Cc1ccc(SCc2ccccc2)cc1)NC(=O)C(F)(F)F. The average molecular weight is 383 g/mol. The van der Waals surface area contributed by atoms with Crippen molar-refractivity contribution >= 4 is 23.6 Å². The molecule has 138 valence electrons. The highest BCUT2D eigenvalue weighted by atomic mass is 32.2. The molecule has 0 spiro atoms. The van der Waals surface area contributed by atoms with Gasteiger partial charge in [0.25, 0.3) is 0 Å². The summed E-state index contributed by atoms with van der Waals surface area (Å²) >= 11 is 1.59. The summed E-state index contributed by atoms with van der Waals surface area (Å²) in [6, 6.07) is 15.0. The van der Waals surface area contributed by atoms with Gasteiger partial charge in [-0.25, -0.2) is 4.79 Å². The molecule has 0 bridgehead atoms. The second-order valence-corrected chi connectivity index (χ2v) is 6.53. The summed E-state index contributed by atoms with van der Waals surface area (Å²) in [5, 5.41) is 10.5. The normalized spacial score (nSPS) is 12.4. The molecule has 0 aromatic heterocycles. The molecule has 0 fully saturated rings. The number of hydrogen-bond donors (Lipinski definition) is 2. The molecule has 0 unspecified atom stereocenters. The molecule has 1 amide bonds. The molecule has 2 aromatic carbocycles. The molecular formula is C18H16F3NO3S. The Morgan fingerprint density at radius 2 is 1.62 bits per heavy atom. The van der Waals surface area contributed by atoms with E-state index in [1.54, 1.807) is 36.0 Å². The molecule has 0 radical (unpaired) electrons. The van der Waals surface area contributed by atoms with Crippen molar-refractivity contribution in [2.24, 2.45) is 0 Å². The van der Waals surface area contributed by atoms with E-state index < -0.39 is 24.1 Å². The number of carboxylic acids is 1. The number of rotatable bonds is 7. The van der Waals surface area contributed by atoms with Gasteiger partial charge in [0.15, 0.2) is 0 Å². The summed E-state index contributed by atoms with van der Waals surface area (Å²) in [6.45, 7) is 0. The number of thioether (sulfide) groups is 1. The number of carbonyl (C=O) groups is 2. The summed E-state index contributed by atoms with van der Waals surface area (Å²) in [5.74, 6) is -3.02. The minimum Gasteiger partial charge on any atom is -0.480 e. The predicted octanol–water partition coefficient (Wildman–Crippen LogP) is 3.65. The zero-order valence-corrected chi connectivity index (χ0v) is 14.3. The van der Waals surface area contributed by atoms with Gasteiger partial charge >= 0.3 is 18.1 Å². The van der Waals surface area contributed by atoms with Gasteiger partial charge in [-0.1, -0.05) is 42.5 Å². The summed E-state index contributed by atoms with van der Waals surface area (Å²) in [4.78, 5) is 23.0. The molecule has 2 aromatic rings. The molecule has 0 saturated heterocycles. The lowest BCUT2D eigenvalue weighted by Crippen LogP contribution is -2.47. The smallest absolute Gasteiger partial charge is 0.471 e. The third-order valence-corrected chi connectivity index (χ3v) is 4.56. The van der Waals surface area contributed by atoms with Crippen LogP contribution in [-0.2, 0) is 21.8 Å². The van der Waals surface area contributed by atoms with Crippen molar-refractivity contribution in [3.63, 3.8) is 0 Å². The van der Waals surface area contributed by atoms with Crippen LogP contribution < -0.4 is 5.32 Å². The Balaban J connectivity index is 1.95. The van der Waals surface area contributed by atoms with E-state index in [2.05, 4.69) is 0 Å². The molecule has 0 aliphatic rings. The molecule has 0 aliphatic heterocycles. The second-order valence-electron chi connectivity index (χ2n) is 5.48. The number of carbonyl (C=O) groups excluding carboxylic acids is 1. The van der Waals surface area contributed by atoms with E-state index in [0.29, 0.717) is 5.56 Å². The van der Waals surface area contributed by atoms with Crippen molar-refractivity contribution in [1.29, 1.82) is 0 Å². The number of benzene rings is 2. The third kappa shape index (κ3) is 6.11. The molecule has 0 heterocycles. The van der Waals surface area contributed by atoms with Crippen LogP contribution in [0.1, 0.15) is 11.1 Å². The number of carboxylic acid groups (broad SMARTS) is 1. The molecule has 0 saturated carbocycles. The Morgan fingerprint density at radius 1 is 1.00 bits per heavy atom. The minimum atomic E-state index is -5.12. The number of nitrogens with one attached hydrogen (secondary N) is 1. The number of alkyl halides is 3. The van der Waals surface area contributed by atoms with E-state index in [0.717, 1.165) is 16.2 Å². The van der Waals surface area contributed by atoms with Gasteiger partial charge in [0.1, 0.15) is 6.04 Å². The zero-order chi connectivity index (χ0) is 19.2. The third-order valence-electron chi connectivity index (χ3n) is 3.47. The van der Waals surface area contributed by atoms with Crippen molar-refractivity contribution < 1.29 is 27.9 Å². The van der Waals surface area contributed by atoms with Crippen LogP contribution in [-0.4, -0.2) is 29.2 Å². The fraction of sp³-hybridized carbons (Fsp3) is 0.222. The monoisotopic (exact) mass is 383 g/mol. The van der Waals surface area contributed by atoms with Crippen molar-refractivity contribution in [1.82, 2.24) is 5.32 Å². The number of halogens is 3. The highest BCUT2D eigenvalue weighted by molar-refractivity contribution is 7.98. The van der Waals surface area contributed by atoms with Gasteiger partial charge in [-0.2, -0.15) is 13.2 Å². The maximum Gasteiger partial charge on any atom is 0.471 e. The molecule has 26 heavy (non-hydrogen) atoms. The quantitative estimate of drug-likeness (QED) is 0.717. The molecule has 4 nitrogen and oxygen atoms in total. The Kier molecular flexibility index (Phi) is 6.68. The van der Waals surface area contributed by atoms with Gasteiger partial charge in [-0.15, -0.1) is 11.8 Å². The fourth-order valence-corrected chi connectivity index (χ4v) is 2.99. The summed E-state index contributed by atoms with van der Waals surface area (Å²) < 4.78 is 36.8. The summed E-state index contributed by atoms with van der Waals surface area (Å²) in [7, 11) is 0. The van der Waals surface area contributed by atoms with Crippen molar-refractivity contribution in [3.8, 4) is 0 Å². The first kappa shape index (κ1) is 19.8. The molecule has 2 rings (SSSR count). The highest BCUT2D eigenvalue weighted by Crippen LogP contribution is 2.23. The Morgan fingerprint density at radius 3 is 2.15 bits per heavy atom. The van der Waals surface area contributed by atoms with E-state index in [-0.39, 0.29) is 6.42 Å². The van der Waals surface area contributed by atoms with E-state index >= 15 is 0 Å². The van der Waals surface area contributed by atoms with Crippen molar-refractivity contribution in [2.75, 3.05) is 0 Å². The predicted molar refractivity (Wildman–Crippen MR) is 91.8 cm³/mol. The average Bonchev–Trinajstić information content (AvgIpc) is 2.60. The van der Waals surface area contributed by atoms with Crippen LogP contribution in [0.15, 0.2) is 59.5 Å². The van der Waals surface area contributed by atoms with E-state index in [4.69, 9.17) is 5.11 Å². The molecular weight excluding hydrogens is 367 g/mol. The second kappa shape index (κ2) is 8.75. The lowest BCUT2D eigenvalue weighted by Gasteiger charge is -2.16. The maximum absolute atomic E-state index is 12.3. The van der Waals surface area contributed by atoms with Crippen LogP contribution in [0, 0.1) is 0 Å². The minimum absolute atomic E-state index is 0.235. The first-order valence-corrected chi connectivity index (χ1v) is 8.60. The summed E-state index contributed by atoms with van der Waals surface area (Å²) in [6.07, 6.45) is -5.35. The van der Waals surface area contributed by atoms with Crippen LogP contribution in [0.3, 0.4) is 0 Å². The molecule has 2 N–H and O–H groups in total. The zero-order valence-electron chi connectivity index (χ0n) is 13.5.